The molecule has 0 bridgehead atoms. The van der Waals surface area contributed by atoms with E-state index in [1.807, 2.05) is 86.6 Å². The van der Waals surface area contributed by atoms with Gasteiger partial charge in [0, 0.05) is 17.1 Å². The first kappa shape index (κ1) is 21.3. The van der Waals surface area contributed by atoms with Crippen molar-refractivity contribution in [3.63, 3.8) is 0 Å². The summed E-state index contributed by atoms with van der Waals surface area (Å²) in [5.74, 6) is 1.24. The fourth-order valence-corrected chi connectivity index (χ4v) is 3.98. The van der Waals surface area contributed by atoms with Crippen molar-refractivity contribution in [1.82, 2.24) is 20.0 Å². The summed E-state index contributed by atoms with van der Waals surface area (Å²) < 4.78 is 1.77. The zero-order valence-corrected chi connectivity index (χ0v) is 19.0. The molecule has 0 saturated heterocycles. The quantitative estimate of drug-likeness (QED) is 0.365. The van der Waals surface area contributed by atoms with E-state index < -0.39 is 0 Å². The molecule has 168 valence electrons. The molecule has 34 heavy (non-hydrogen) atoms. The Labute approximate surface area is 197 Å². The van der Waals surface area contributed by atoms with Crippen LogP contribution in [-0.4, -0.2) is 25.9 Å². The Hall–Kier alpha value is -4.52. The number of amides is 1. The van der Waals surface area contributed by atoms with Crippen LogP contribution in [0.1, 0.15) is 17.0 Å². The summed E-state index contributed by atoms with van der Waals surface area (Å²) >= 11 is 0. The summed E-state index contributed by atoms with van der Waals surface area (Å²) in [4.78, 5) is 12.6. The maximum atomic E-state index is 12.6. The van der Waals surface area contributed by atoms with Crippen LogP contribution in [0.4, 0.5) is 17.2 Å². The Morgan fingerprint density at radius 2 is 1.62 bits per heavy atom. The van der Waals surface area contributed by atoms with E-state index in [-0.39, 0.29) is 5.91 Å². The Morgan fingerprint density at radius 1 is 0.853 bits per heavy atom. The molecular weight excluding hydrogens is 424 g/mol. The number of carbonyl (C=O) groups excluding carboxylic acids is 1. The number of carbonyl (C=O) groups is 1. The van der Waals surface area contributed by atoms with E-state index in [0.29, 0.717) is 18.1 Å². The number of aromatic nitrogens is 4. The van der Waals surface area contributed by atoms with Gasteiger partial charge in [-0.05, 0) is 72.6 Å². The van der Waals surface area contributed by atoms with Gasteiger partial charge in [0.05, 0.1) is 12.1 Å². The number of anilines is 3. The zero-order chi connectivity index (χ0) is 23.5. The molecule has 3 aromatic carbocycles. The molecular formula is C27H24N6O. The van der Waals surface area contributed by atoms with Crippen LogP contribution in [0.5, 0.6) is 0 Å². The van der Waals surface area contributed by atoms with E-state index in [2.05, 4.69) is 38.1 Å². The lowest BCUT2D eigenvalue weighted by Crippen LogP contribution is -2.14. The maximum absolute atomic E-state index is 12.6. The minimum atomic E-state index is -0.0531. The molecule has 0 unspecified atom stereocenters. The summed E-state index contributed by atoms with van der Waals surface area (Å²) in [5.41, 5.74) is 4.54. The number of fused-ring (bicyclic) bond motifs is 1. The predicted molar refractivity (Wildman–Crippen MR) is 135 cm³/mol. The number of benzene rings is 3. The van der Waals surface area contributed by atoms with Gasteiger partial charge in [0.25, 0.3) is 0 Å². The normalized spacial score (nSPS) is 10.9. The lowest BCUT2D eigenvalue weighted by Gasteiger charge is -2.10. The molecule has 0 aliphatic carbocycles. The van der Waals surface area contributed by atoms with Crippen molar-refractivity contribution in [2.45, 2.75) is 20.3 Å². The van der Waals surface area contributed by atoms with Crippen molar-refractivity contribution in [3.8, 4) is 5.82 Å². The fraction of sp³-hybridized carbons (Fsp3) is 0.111. The van der Waals surface area contributed by atoms with Crippen molar-refractivity contribution >= 4 is 33.9 Å². The highest BCUT2D eigenvalue weighted by Crippen LogP contribution is 2.21. The van der Waals surface area contributed by atoms with Crippen molar-refractivity contribution in [2.75, 3.05) is 10.6 Å². The molecule has 0 atom stereocenters. The summed E-state index contributed by atoms with van der Waals surface area (Å²) in [6, 6.07) is 27.4. The van der Waals surface area contributed by atoms with E-state index >= 15 is 0 Å². The Kier molecular flexibility index (Phi) is 5.74. The topological polar surface area (TPSA) is 84.7 Å². The maximum Gasteiger partial charge on any atom is 0.228 e. The number of rotatable bonds is 6. The van der Waals surface area contributed by atoms with Crippen LogP contribution in [0.25, 0.3) is 16.6 Å². The SMILES string of the molecule is Cc1cc(C)n(-c2ccc(Nc3ccc(NC(=O)Cc4cccc5ccccc45)cc3)nn2)n1. The highest BCUT2D eigenvalue weighted by Gasteiger charge is 2.09. The van der Waals surface area contributed by atoms with Crippen LogP contribution in [0.2, 0.25) is 0 Å². The third-order valence-electron chi connectivity index (χ3n) is 5.55. The molecule has 0 aliphatic heterocycles. The van der Waals surface area contributed by atoms with Gasteiger partial charge < -0.3 is 10.6 Å². The number of nitrogens with zero attached hydrogens (tertiary/aromatic N) is 4. The molecule has 7 nitrogen and oxygen atoms in total. The lowest BCUT2D eigenvalue weighted by atomic mass is 10.0. The third-order valence-corrected chi connectivity index (χ3v) is 5.55. The standard InChI is InChI=1S/C27H24N6O/c1-18-16-19(2)33(32-18)26-15-14-25(30-31-26)28-22-10-12-23(13-11-22)29-27(34)17-21-8-5-7-20-6-3-4-9-24(20)21/h3-16H,17H2,1-2H3,(H,28,30)(H,29,34). The first-order valence-corrected chi connectivity index (χ1v) is 11.1. The van der Waals surface area contributed by atoms with Gasteiger partial charge in [0.15, 0.2) is 11.6 Å². The second kappa shape index (κ2) is 9.15. The minimum Gasteiger partial charge on any atom is -0.339 e. The summed E-state index contributed by atoms with van der Waals surface area (Å²) in [7, 11) is 0. The van der Waals surface area contributed by atoms with Gasteiger partial charge in [-0.15, -0.1) is 10.2 Å². The first-order chi connectivity index (χ1) is 16.5. The van der Waals surface area contributed by atoms with E-state index in [1.165, 1.54) is 0 Å². The van der Waals surface area contributed by atoms with Gasteiger partial charge in [-0.1, -0.05) is 42.5 Å². The number of hydrogen-bond acceptors (Lipinski definition) is 5. The molecule has 5 aromatic rings. The Morgan fingerprint density at radius 3 is 2.35 bits per heavy atom. The molecule has 0 fully saturated rings. The molecule has 0 spiro atoms. The van der Waals surface area contributed by atoms with Crippen LogP contribution in [0.15, 0.2) is 84.9 Å². The zero-order valence-electron chi connectivity index (χ0n) is 19.0. The summed E-state index contributed by atoms with van der Waals surface area (Å²) in [5, 5.41) is 21.4. The van der Waals surface area contributed by atoms with Gasteiger partial charge in [-0.25, -0.2) is 4.68 Å². The molecule has 2 N–H and O–H groups in total. The average Bonchev–Trinajstić information content (AvgIpc) is 3.19. The van der Waals surface area contributed by atoms with Crippen LogP contribution < -0.4 is 10.6 Å². The number of aryl methyl sites for hydroxylation is 2. The monoisotopic (exact) mass is 448 g/mol. The molecule has 0 radical (unpaired) electrons. The fourth-order valence-electron chi connectivity index (χ4n) is 3.98. The van der Waals surface area contributed by atoms with Crippen molar-refractivity contribution in [3.05, 3.63) is 102 Å². The predicted octanol–water partition coefficient (Wildman–Crippen LogP) is 5.36. The van der Waals surface area contributed by atoms with Crippen LogP contribution in [0, 0.1) is 13.8 Å². The van der Waals surface area contributed by atoms with E-state index in [4.69, 9.17) is 0 Å². The second-order valence-corrected chi connectivity index (χ2v) is 8.18. The Balaban J connectivity index is 1.21. The van der Waals surface area contributed by atoms with E-state index in [0.717, 1.165) is 39.1 Å². The van der Waals surface area contributed by atoms with Crippen molar-refractivity contribution in [2.24, 2.45) is 0 Å². The molecule has 1 amide bonds. The van der Waals surface area contributed by atoms with E-state index in [9.17, 15) is 4.79 Å². The molecule has 2 aromatic heterocycles. The van der Waals surface area contributed by atoms with Crippen LogP contribution >= 0.6 is 0 Å². The summed E-state index contributed by atoms with van der Waals surface area (Å²) in [6.07, 6.45) is 0.318. The highest BCUT2D eigenvalue weighted by atomic mass is 16.1. The van der Waals surface area contributed by atoms with Crippen molar-refractivity contribution in [1.29, 1.82) is 0 Å². The number of nitrogens with one attached hydrogen (secondary N) is 2. The van der Waals surface area contributed by atoms with Gasteiger partial charge in [-0.3, -0.25) is 4.79 Å². The average molecular weight is 449 g/mol. The van der Waals surface area contributed by atoms with Gasteiger partial charge in [-0.2, -0.15) is 5.10 Å². The summed E-state index contributed by atoms with van der Waals surface area (Å²) in [6.45, 7) is 3.93. The number of hydrogen-bond donors (Lipinski definition) is 2. The van der Waals surface area contributed by atoms with Gasteiger partial charge in [0.2, 0.25) is 5.91 Å². The third kappa shape index (κ3) is 4.63. The van der Waals surface area contributed by atoms with Gasteiger partial charge in [0.1, 0.15) is 0 Å². The molecule has 5 rings (SSSR count). The second-order valence-electron chi connectivity index (χ2n) is 8.18. The lowest BCUT2D eigenvalue weighted by molar-refractivity contribution is -0.115. The minimum absolute atomic E-state index is 0.0531. The molecule has 0 aliphatic rings. The smallest absolute Gasteiger partial charge is 0.228 e. The Bertz CT molecular complexity index is 1450. The van der Waals surface area contributed by atoms with Crippen LogP contribution in [0.3, 0.4) is 0 Å². The van der Waals surface area contributed by atoms with Crippen molar-refractivity contribution < 1.29 is 4.79 Å². The highest BCUT2D eigenvalue weighted by molar-refractivity contribution is 5.96. The van der Waals surface area contributed by atoms with Gasteiger partial charge >= 0.3 is 0 Å². The van der Waals surface area contributed by atoms with Crippen LogP contribution in [-0.2, 0) is 11.2 Å². The molecule has 0 saturated carbocycles. The molecule has 7 heteroatoms. The first-order valence-electron chi connectivity index (χ1n) is 11.1. The largest absolute Gasteiger partial charge is 0.339 e. The molecule has 2 heterocycles. The van der Waals surface area contributed by atoms with E-state index in [1.54, 1.807) is 4.68 Å².